The van der Waals surface area contributed by atoms with Crippen molar-refractivity contribution in [2.45, 2.75) is 30.5 Å². The van der Waals surface area contributed by atoms with E-state index in [1.807, 2.05) is 0 Å². The smallest absolute Gasteiger partial charge is 0.325 e. The molecular weight excluding hydrogens is 293 g/mol. The van der Waals surface area contributed by atoms with Gasteiger partial charge in [-0.05, 0) is 6.42 Å². The lowest BCUT2D eigenvalue weighted by atomic mass is 9.90. The zero-order valence-corrected chi connectivity index (χ0v) is 12.3. The van der Waals surface area contributed by atoms with Gasteiger partial charge in [0.1, 0.15) is 14.0 Å². The molecule has 1 aliphatic heterocycles. The van der Waals surface area contributed by atoms with Crippen molar-refractivity contribution in [1.29, 1.82) is 0 Å². The molecule has 1 saturated heterocycles. The summed E-state index contributed by atoms with van der Waals surface area (Å²) >= 11 is 0. The minimum absolute atomic E-state index is 0.0760. The van der Waals surface area contributed by atoms with Crippen molar-refractivity contribution in [1.82, 2.24) is 0 Å². The van der Waals surface area contributed by atoms with Crippen molar-refractivity contribution >= 4 is 15.4 Å². The Bertz CT molecular complexity index is 354. The van der Waals surface area contributed by atoms with Crippen LogP contribution in [0.15, 0.2) is 0 Å². The highest BCUT2D eigenvalue weighted by molar-refractivity contribution is 7.51. The molecule has 116 valence electrons. The monoisotopic (exact) mass is 312 g/mol. The maximum Gasteiger partial charge on any atom is 0.325 e. The summed E-state index contributed by atoms with van der Waals surface area (Å²) < 4.78 is 46.0. The fourth-order valence-electron chi connectivity index (χ4n) is 1.87. The number of halogens is 1. The highest BCUT2D eigenvalue weighted by Crippen LogP contribution is 2.47. The van der Waals surface area contributed by atoms with Crippen LogP contribution in [0.3, 0.4) is 0 Å². The van der Waals surface area contributed by atoms with Gasteiger partial charge in [0.15, 0.2) is 6.10 Å². The van der Waals surface area contributed by atoms with Crippen LogP contribution >= 0.6 is 7.60 Å². The summed E-state index contributed by atoms with van der Waals surface area (Å²) in [5.74, 6) is -2.59. The van der Waals surface area contributed by atoms with Gasteiger partial charge in [-0.2, -0.15) is 0 Å². The number of ether oxygens (including phenoxy) is 3. The van der Waals surface area contributed by atoms with Gasteiger partial charge in [0, 0.05) is 20.4 Å². The predicted molar refractivity (Wildman–Crippen MR) is 68.4 cm³/mol. The van der Waals surface area contributed by atoms with Gasteiger partial charge in [-0.15, -0.1) is 0 Å². The van der Waals surface area contributed by atoms with E-state index in [2.05, 4.69) is 0 Å². The third kappa shape index (κ3) is 4.49. The maximum atomic E-state index is 14.8. The van der Waals surface area contributed by atoms with Crippen LogP contribution in [0.1, 0.15) is 6.42 Å². The van der Waals surface area contributed by atoms with E-state index in [0.29, 0.717) is 0 Å². The van der Waals surface area contributed by atoms with Crippen LogP contribution < -0.4 is 0 Å². The van der Waals surface area contributed by atoms with Crippen LogP contribution in [0, 0.1) is 0 Å². The molecule has 0 amide bonds. The summed E-state index contributed by atoms with van der Waals surface area (Å²) in [5.41, 5.74) is 0. The van der Waals surface area contributed by atoms with Crippen molar-refractivity contribution in [3.63, 3.8) is 0 Å². The zero-order chi connectivity index (χ0) is 15.4. The van der Waals surface area contributed by atoms with Gasteiger partial charge in [-0.25, -0.2) is 4.39 Å². The maximum absolute atomic E-state index is 14.8. The van der Waals surface area contributed by atoms with Crippen LogP contribution in [-0.4, -0.2) is 75.5 Å². The second kappa shape index (κ2) is 7.31. The Labute approximate surface area is 118 Å². The summed E-state index contributed by atoms with van der Waals surface area (Å²) in [5, 5.41) is 8.68. The Morgan fingerprint density at radius 2 is 2.20 bits per heavy atom. The van der Waals surface area contributed by atoms with Gasteiger partial charge in [0.05, 0.1) is 19.2 Å². The van der Waals surface area contributed by atoms with Gasteiger partial charge < -0.3 is 24.2 Å². The summed E-state index contributed by atoms with van der Waals surface area (Å²) in [6, 6.07) is -1.49. The van der Waals surface area contributed by atoms with Crippen molar-refractivity contribution in [3.05, 3.63) is 0 Å². The summed E-state index contributed by atoms with van der Waals surface area (Å²) in [6.45, 7) is 0.525. The summed E-state index contributed by atoms with van der Waals surface area (Å²) in [4.78, 5) is 9.29. The van der Waals surface area contributed by atoms with Crippen LogP contribution in [0.4, 0.5) is 4.39 Å². The molecule has 20 heavy (non-hydrogen) atoms. The van der Waals surface area contributed by atoms with E-state index in [1.165, 1.54) is 7.11 Å². The molecule has 0 aromatic rings. The normalized spacial score (nSPS) is 37.0. The van der Waals surface area contributed by atoms with Crippen molar-refractivity contribution in [2.75, 3.05) is 33.6 Å². The second-order valence-corrected chi connectivity index (χ2v) is 6.32. The van der Waals surface area contributed by atoms with Gasteiger partial charge >= 0.3 is 7.60 Å². The molecule has 0 bridgehead atoms. The number of rotatable bonds is 8. The first-order valence-corrected chi connectivity index (χ1v) is 8.09. The summed E-state index contributed by atoms with van der Waals surface area (Å²) in [7, 11) is 2.91. The first-order valence-electron chi connectivity index (χ1n) is 6.07. The highest BCUT2D eigenvalue weighted by atomic mass is 31.2. The average molecular weight is 312 g/mol. The average Bonchev–Trinajstić information content (AvgIpc) is 2.54. The van der Waals surface area contributed by atoms with Crippen LogP contribution in [-0.2, 0) is 23.3 Å². The minimum Gasteiger partial charge on any atom is -0.396 e. The third-order valence-electron chi connectivity index (χ3n) is 2.70. The molecule has 1 rings (SSSR count). The minimum atomic E-state index is -3.98. The van der Waals surface area contributed by atoms with Crippen molar-refractivity contribution in [2.24, 2.45) is 0 Å². The molecule has 2 unspecified atom stereocenters. The van der Waals surface area contributed by atoms with E-state index in [1.54, 1.807) is 0 Å². The van der Waals surface area contributed by atoms with Crippen molar-refractivity contribution < 1.29 is 37.7 Å². The number of hydrogen-bond acceptors (Lipinski definition) is 6. The standard InChI is InChI=1S/C10H19BFO7P/c1-16-6-7-8(19-20(2,14)15)10(12,9(11)18-7)17-5-3-4-13/h7-9,13H,3-6H2,1-2H3,(H,14,15)/t7-,8?,9-,10+/m1/s1. The lowest BCUT2D eigenvalue weighted by molar-refractivity contribution is -0.193. The number of methoxy groups -OCH3 is 1. The molecule has 10 heteroatoms. The first kappa shape index (κ1) is 18.0. The van der Waals surface area contributed by atoms with Crippen molar-refractivity contribution in [3.8, 4) is 0 Å². The number of alkyl halides is 1. The largest absolute Gasteiger partial charge is 0.396 e. The molecule has 0 aliphatic carbocycles. The molecule has 1 heterocycles. The molecule has 2 radical (unpaired) electrons. The molecule has 5 atom stereocenters. The lowest BCUT2D eigenvalue weighted by Crippen LogP contribution is -2.48. The quantitative estimate of drug-likeness (QED) is 0.364. The topological polar surface area (TPSA) is 94.5 Å². The lowest BCUT2D eigenvalue weighted by Gasteiger charge is -2.30. The molecular formula is C10H19BFO7P. The third-order valence-corrected chi connectivity index (χ3v) is 3.32. The number of hydrogen-bond donors (Lipinski definition) is 2. The van der Waals surface area contributed by atoms with E-state index < -0.39 is 31.7 Å². The van der Waals surface area contributed by atoms with E-state index in [0.717, 1.165) is 6.66 Å². The van der Waals surface area contributed by atoms with Gasteiger partial charge in [-0.3, -0.25) is 9.09 Å². The number of aliphatic hydroxyl groups excluding tert-OH is 1. The molecule has 1 aliphatic rings. The van der Waals surface area contributed by atoms with Crippen LogP contribution in [0.2, 0.25) is 0 Å². The Morgan fingerprint density at radius 1 is 1.55 bits per heavy atom. The Hall–Kier alpha value is -0.0151. The van der Waals surface area contributed by atoms with Crippen LogP contribution in [0.5, 0.6) is 0 Å². The molecule has 0 saturated carbocycles. The van der Waals surface area contributed by atoms with Gasteiger partial charge in [0.25, 0.3) is 5.85 Å². The van der Waals surface area contributed by atoms with E-state index in [4.69, 9.17) is 31.7 Å². The Morgan fingerprint density at radius 3 is 2.70 bits per heavy atom. The zero-order valence-electron chi connectivity index (χ0n) is 11.4. The fourth-order valence-corrected chi connectivity index (χ4v) is 2.57. The summed E-state index contributed by atoms with van der Waals surface area (Å²) in [6.07, 6.45) is -2.30. The fraction of sp³-hybridized carbons (Fsp3) is 1.00. The Kier molecular flexibility index (Phi) is 6.59. The van der Waals surface area contributed by atoms with E-state index in [9.17, 15) is 13.8 Å². The predicted octanol–water partition coefficient (Wildman–Crippen LogP) is -0.209. The SMILES string of the molecule is [B][C@@H]1O[C@H](COC)C(OP(C)(=O)O)[C@]1(F)OCCCO. The van der Waals surface area contributed by atoms with Gasteiger partial charge in [0.2, 0.25) is 0 Å². The molecule has 7 nitrogen and oxygen atoms in total. The van der Waals surface area contributed by atoms with E-state index in [-0.39, 0.29) is 26.2 Å². The molecule has 0 spiro atoms. The molecule has 2 N–H and O–H groups in total. The van der Waals surface area contributed by atoms with Crippen LogP contribution in [0.25, 0.3) is 0 Å². The highest BCUT2D eigenvalue weighted by Gasteiger charge is 2.58. The first-order chi connectivity index (χ1) is 9.24. The number of aliphatic hydroxyl groups is 1. The van der Waals surface area contributed by atoms with Gasteiger partial charge in [-0.1, -0.05) is 0 Å². The Balaban J connectivity index is 2.88. The van der Waals surface area contributed by atoms with E-state index >= 15 is 0 Å². The molecule has 1 fully saturated rings. The molecule has 0 aromatic heterocycles. The molecule has 0 aromatic carbocycles. The second-order valence-electron chi connectivity index (χ2n) is 4.50.